The van der Waals surface area contributed by atoms with Crippen LogP contribution in [-0.4, -0.2) is 157 Å². The molecule has 2 aliphatic heterocycles. The Bertz CT molecular complexity index is 3210. The molecule has 0 radical (unpaired) electrons. The number of aromatic nitrogens is 2. The Kier molecular flexibility index (Phi) is 21.0. The van der Waals surface area contributed by atoms with E-state index in [1.54, 1.807) is 24.6 Å². The average molecular weight is 1170 g/mol. The van der Waals surface area contributed by atoms with Crippen molar-refractivity contribution in [3.8, 4) is 11.5 Å². The van der Waals surface area contributed by atoms with E-state index in [1.165, 1.54) is 38.6 Å². The minimum atomic E-state index is -0.729. The first-order valence-corrected chi connectivity index (χ1v) is 29.2. The van der Waals surface area contributed by atoms with Crippen molar-refractivity contribution in [2.75, 3.05) is 84.9 Å². The highest BCUT2D eigenvalue weighted by Crippen LogP contribution is 2.37. The van der Waals surface area contributed by atoms with Crippen LogP contribution in [0.25, 0.3) is 0 Å². The fourth-order valence-corrected chi connectivity index (χ4v) is 10.9. The van der Waals surface area contributed by atoms with Gasteiger partial charge < -0.3 is 71.1 Å². The molecule has 3 fully saturated rings. The second-order valence-electron chi connectivity index (χ2n) is 22.5. The summed E-state index contributed by atoms with van der Waals surface area (Å²) in [5.41, 5.74) is 5.47. The van der Waals surface area contributed by atoms with Crippen LogP contribution in [0.2, 0.25) is 0 Å². The largest absolute Gasteiger partial charge is 0.512 e. The summed E-state index contributed by atoms with van der Waals surface area (Å²) in [6.07, 6.45) is 19.3. The number of rotatable bonds is 27. The van der Waals surface area contributed by atoms with E-state index in [1.807, 2.05) is 48.2 Å². The lowest BCUT2D eigenvalue weighted by Crippen LogP contribution is -2.46. The van der Waals surface area contributed by atoms with Crippen molar-refractivity contribution < 1.29 is 44.7 Å². The number of benzene rings is 1. The van der Waals surface area contributed by atoms with Gasteiger partial charge in [-0.3, -0.25) is 38.6 Å². The number of aromatic hydroxyl groups is 2. The third kappa shape index (κ3) is 15.7. The van der Waals surface area contributed by atoms with E-state index < -0.39 is 46.2 Å². The van der Waals surface area contributed by atoms with Gasteiger partial charge in [0.1, 0.15) is 0 Å². The first kappa shape index (κ1) is 62.3. The van der Waals surface area contributed by atoms with Crippen LogP contribution in [0.5, 0.6) is 11.5 Å². The number of nitrogens with zero attached hydrogens (tertiary/aromatic N) is 6. The SMILES string of the molecule is C=C(CCC(O)=C1CCC1)Nc1ccc(CC(CN(CCNC(=O)C2=C(O)C(=C3CCC3)N(C)C=C2)CCNC(=O)c2ccn(C)c(=O)c2O)CN(CCNC(=O)C2=C(O)C(=C3CCC3)N(C)C=C2)CCNC(=O)c2ccn(C)c(=O)c2O)cc1. The third-order valence-corrected chi connectivity index (χ3v) is 16.4. The number of hydrogen-bond donors (Lipinski definition) is 10. The van der Waals surface area contributed by atoms with E-state index in [-0.39, 0.29) is 92.1 Å². The number of pyridine rings is 2. The molecular formula is C63H81N11O11. The molecule has 4 heterocycles. The first-order valence-electron chi connectivity index (χ1n) is 29.2. The van der Waals surface area contributed by atoms with E-state index in [9.17, 15) is 54.3 Å². The molecular weight excluding hydrogens is 1090 g/mol. The van der Waals surface area contributed by atoms with Crippen LogP contribution in [0.1, 0.15) is 96.9 Å². The third-order valence-electron chi connectivity index (χ3n) is 16.4. The highest BCUT2D eigenvalue weighted by molar-refractivity contribution is 5.99. The van der Waals surface area contributed by atoms with E-state index in [0.717, 1.165) is 101 Å². The van der Waals surface area contributed by atoms with Crippen molar-refractivity contribution in [2.45, 2.75) is 77.0 Å². The summed E-state index contributed by atoms with van der Waals surface area (Å²) in [6, 6.07) is 10.6. The molecule has 22 heteroatoms. The molecule has 4 amide bonds. The molecule has 1 aromatic carbocycles. The van der Waals surface area contributed by atoms with Gasteiger partial charge in [0.2, 0.25) is 0 Å². The molecule has 0 bridgehead atoms. The molecule has 2 aromatic heterocycles. The maximum atomic E-state index is 13.9. The number of hydrogen-bond acceptors (Lipinski definition) is 16. The van der Waals surface area contributed by atoms with Crippen LogP contribution >= 0.6 is 0 Å². The van der Waals surface area contributed by atoms with Crippen LogP contribution in [0.3, 0.4) is 0 Å². The number of allylic oxidation sites excluding steroid dienone is 5. The summed E-state index contributed by atoms with van der Waals surface area (Å²) in [5, 5.41) is 69.5. The predicted molar refractivity (Wildman–Crippen MR) is 324 cm³/mol. The zero-order valence-corrected chi connectivity index (χ0v) is 49.1. The Morgan fingerprint density at radius 1 is 0.576 bits per heavy atom. The number of anilines is 1. The monoisotopic (exact) mass is 1170 g/mol. The van der Waals surface area contributed by atoms with Crippen molar-refractivity contribution >= 4 is 29.3 Å². The summed E-state index contributed by atoms with van der Waals surface area (Å²) < 4.78 is 2.32. The molecule has 5 aliphatic rings. The van der Waals surface area contributed by atoms with Crippen LogP contribution in [-0.2, 0) is 30.1 Å². The maximum absolute atomic E-state index is 13.9. The molecule has 0 atom stereocenters. The van der Waals surface area contributed by atoms with Gasteiger partial charge in [-0.1, -0.05) is 18.7 Å². The Labute approximate surface area is 495 Å². The van der Waals surface area contributed by atoms with Crippen LogP contribution in [0, 0.1) is 5.92 Å². The van der Waals surface area contributed by atoms with Gasteiger partial charge in [-0.2, -0.15) is 0 Å². The minimum absolute atomic E-state index is 0.0633. The highest BCUT2D eigenvalue weighted by atomic mass is 16.3. The van der Waals surface area contributed by atoms with Gasteiger partial charge in [0, 0.05) is 136 Å². The number of aryl methyl sites for hydroxylation is 2. The van der Waals surface area contributed by atoms with Gasteiger partial charge in [-0.15, -0.1) is 0 Å². The molecule has 0 spiro atoms. The van der Waals surface area contributed by atoms with Gasteiger partial charge in [-0.05, 0) is 135 Å². The van der Waals surface area contributed by atoms with Crippen molar-refractivity contribution in [3.63, 3.8) is 0 Å². The fourth-order valence-electron chi connectivity index (χ4n) is 10.9. The Morgan fingerprint density at radius 3 is 1.38 bits per heavy atom. The number of nitrogens with one attached hydrogen (secondary N) is 5. The molecule has 0 unspecified atom stereocenters. The predicted octanol–water partition coefficient (Wildman–Crippen LogP) is 5.47. The van der Waals surface area contributed by atoms with E-state index in [0.29, 0.717) is 49.5 Å². The zero-order valence-electron chi connectivity index (χ0n) is 49.1. The van der Waals surface area contributed by atoms with E-state index >= 15 is 0 Å². The van der Waals surface area contributed by atoms with Crippen LogP contribution in [0.4, 0.5) is 5.69 Å². The lowest BCUT2D eigenvalue weighted by molar-refractivity contribution is -0.118. The van der Waals surface area contributed by atoms with Crippen molar-refractivity contribution in [2.24, 2.45) is 20.0 Å². The van der Waals surface area contributed by atoms with Crippen LogP contribution in [0.15, 0.2) is 152 Å². The maximum Gasteiger partial charge on any atom is 0.293 e. The number of likely N-dealkylation sites (N-methyl/N-ethyl adjacent to an activating group) is 2. The molecule has 3 saturated carbocycles. The standard InChI is InChI=1S/C63H81N11O11/c1-40(15-20-51(75)43-9-6-10-43)68-46-18-16-41(17-19-46)37-42(38-73(35-27-66-60(82)49-23-31-71(4)62(84)56(49)78)33-25-64-58(80)47-21-29-69(2)52(54(47)76)44-11-7-12-44)39-74(36-28-67-61(83)50-24-32-72(5)63(85)57(50)79)34-26-65-59(81)48-22-30-70(3)53(55(48)77)45-13-8-14-45/h16-19,21-24,29-32,42,68,75-79H,1,6-15,20,25-28,33-39H2,2-5H3,(H,64,80)(H,65,81)(H,66,82)(H,67,83). The second-order valence-corrected chi connectivity index (χ2v) is 22.5. The Morgan fingerprint density at radius 2 is 0.988 bits per heavy atom. The fraction of sp³-hybridized carbons (Fsp3) is 0.429. The number of aliphatic hydroxyl groups excluding tert-OH is 3. The summed E-state index contributed by atoms with van der Waals surface area (Å²) in [4.78, 5) is 87.7. The molecule has 3 aromatic rings. The normalized spacial score (nSPS) is 15.8. The first-order chi connectivity index (χ1) is 40.8. The van der Waals surface area contributed by atoms with Crippen molar-refractivity contribution in [1.82, 2.24) is 50.0 Å². The lowest BCUT2D eigenvalue weighted by Gasteiger charge is -2.33. The molecule has 10 N–H and O–H groups in total. The van der Waals surface area contributed by atoms with E-state index in [4.69, 9.17) is 0 Å². The molecule has 22 nitrogen and oxygen atoms in total. The number of aliphatic hydroxyl groups is 3. The van der Waals surface area contributed by atoms with Gasteiger partial charge in [0.25, 0.3) is 34.7 Å². The smallest absolute Gasteiger partial charge is 0.293 e. The number of carbonyl (C=O) groups is 4. The Balaban J connectivity index is 1.05. The summed E-state index contributed by atoms with van der Waals surface area (Å²) in [5.74, 6) is -3.62. The molecule has 0 saturated heterocycles. The van der Waals surface area contributed by atoms with Gasteiger partial charge in [0.15, 0.2) is 23.0 Å². The molecule has 8 rings (SSSR count). The number of carbonyl (C=O) groups excluding carboxylic acids is 4. The minimum Gasteiger partial charge on any atom is -0.512 e. The Hall–Kier alpha value is -8.76. The van der Waals surface area contributed by atoms with Gasteiger partial charge >= 0.3 is 0 Å². The van der Waals surface area contributed by atoms with Gasteiger partial charge in [0.05, 0.1) is 39.4 Å². The van der Waals surface area contributed by atoms with Crippen molar-refractivity contribution in [1.29, 1.82) is 0 Å². The highest BCUT2D eigenvalue weighted by Gasteiger charge is 2.30. The lowest BCUT2D eigenvalue weighted by atomic mass is 9.88. The molecule has 3 aliphatic carbocycles. The van der Waals surface area contributed by atoms with E-state index in [2.05, 4.69) is 43.0 Å². The number of amides is 4. The zero-order chi connectivity index (χ0) is 60.9. The summed E-state index contributed by atoms with van der Waals surface area (Å²) in [7, 11) is 6.58. The molecule has 85 heavy (non-hydrogen) atoms. The second kappa shape index (κ2) is 28.7. The van der Waals surface area contributed by atoms with Gasteiger partial charge in [-0.25, -0.2) is 0 Å². The average Bonchev–Trinajstić information content (AvgIpc) is 3.55. The summed E-state index contributed by atoms with van der Waals surface area (Å²) >= 11 is 0. The quantitative estimate of drug-likeness (QED) is 0.0424. The summed E-state index contributed by atoms with van der Waals surface area (Å²) in [6.45, 7) is 6.32. The topological polar surface area (TPSA) is 287 Å². The van der Waals surface area contributed by atoms with Crippen molar-refractivity contribution in [3.05, 3.63) is 180 Å². The molecule has 454 valence electrons. The van der Waals surface area contributed by atoms with Crippen LogP contribution < -0.4 is 37.7 Å².